The van der Waals surface area contributed by atoms with Gasteiger partial charge in [0.25, 0.3) is 0 Å². The number of Topliss-reactive ketones (excluding diaryl/α,β-unsaturated/α-hetero) is 1. The van der Waals surface area contributed by atoms with Crippen molar-refractivity contribution in [3.63, 3.8) is 0 Å². The third kappa shape index (κ3) is 9.78. The highest BCUT2D eigenvalue weighted by Gasteiger charge is 2.47. The molecule has 4 aromatic rings. The summed E-state index contributed by atoms with van der Waals surface area (Å²) in [5.74, 6) is -2.34. The highest BCUT2D eigenvalue weighted by atomic mass is 32.2. The number of likely N-dealkylation sites (tertiary alicyclic amines) is 2. The maximum atomic E-state index is 15.0. The zero-order valence-corrected chi connectivity index (χ0v) is 35.1. The number of aromatic nitrogens is 1. The van der Waals surface area contributed by atoms with Crippen LogP contribution in [0.15, 0.2) is 84.9 Å². The fourth-order valence-corrected chi connectivity index (χ4v) is 9.58. The van der Waals surface area contributed by atoms with Gasteiger partial charge in [-0.05, 0) is 55.2 Å². The van der Waals surface area contributed by atoms with Crippen molar-refractivity contribution < 1.29 is 37.1 Å². The van der Waals surface area contributed by atoms with E-state index in [1.807, 2.05) is 80.3 Å². The quantitative estimate of drug-likeness (QED) is 0.147. The van der Waals surface area contributed by atoms with E-state index in [4.69, 9.17) is 14.5 Å². The van der Waals surface area contributed by atoms with Crippen LogP contribution in [0.3, 0.4) is 0 Å². The lowest BCUT2D eigenvalue weighted by molar-refractivity contribution is -0.148. The number of fused-ring (bicyclic) bond motifs is 1. The van der Waals surface area contributed by atoms with Gasteiger partial charge in [0, 0.05) is 55.4 Å². The monoisotopic (exact) mass is 822 g/mol. The summed E-state index contributed by atoms with van der Waals surface area (Å²) in [4.78, 5) is 65.5. The number of rotatable bonds is 14. The molecule has 0 bridgehead atoms. The van der Waals surface area contributed by atoms with Crippen LogP contribution in [0.25, 0.3) is 22.2 Å². The zero-order valence-electron chi connectivity index (χ0n) is 34.3. The molecule has 4 atom stereocenters. The highest BCUT2D eigenvalue weighted by molar-refractivity contribution is 7.90. The summed E-state index contributed by atoms with van der Waals surface area (Å²) in [5.41, 5.74) is 2.03. The van der Waals surface area contributed by atoms with E-state index in [1.165, 1.54) is 4.90 Å². The van der Waals surface area contributed by atoms with E-state index in [-0.39, 0.29) is 37.6 Å². The van der Waals surface area contributed by atoms with E-state index in [0.717, 1.165) is 30.2 Å². The topological polar surface area (TPSA) is 152 Å². The van der Waals surface area contributed by atoms with Gasteiger partial charge >= 0.3 is 0 Å². The van der Waals surface area contributed by atoms with E-state index in [0.29, 0.717) is 54.2 Å². The zero-order chi connectivity index (χ0) is 41.9. The van der Waals surface area contributed by atoms with Gasteiger partial charge in [-0.15, -0.1) is 0 Å². The molecule has 3 aliphatic rings. The average molecular weight is 823 g/mol. The maximum Gasteiger partial charge on any atom is 0.241 e. The van der Waals surface area contributed by atoms with Crippen LogP contribution in [0.1, 0.15) is 83.6 Å². The van der Waals surface area contributed by atoms with Gasteiger partial charge in [0.1, 0.15) is 17.6 Å². The summed E-state index contributed by atoms with van der Waals surface area (Å²) >= 11 is 0. The van der Waals surface area contributed by atoms with E-state index in [2.05, 4.69) is 4.72 Å². The fraction of sp³-hybridized carbons (Fsp3) is 0.457. The molecule has 0 spiro atoms. The summed E-state index contributed by atoms with van der Waals surface area (Å²) in [7, 11) is -2.31. The van der Waals surface area contributed by atoms with Crippen molar-refractivity contribution in [2.45, 2.75) is 95.5 Å². The molecule has 0 radical (unpaired) electrons. The van der Waals surface area contributed by atoms with Crippen molar-refractivity contribution >= 4 is 44.4 Å². The van der Waals surface area contributed by atoms with Gasteiger partial charge in [0.15, 0.2) is 5.78 Å². The first-order valence-electron chi connectivity index (χ1n) is 20.6. The second-order valence-electron chi connectivity index (χ2n) is 17.1. The predicted octanol–water partition coefficient (Wildman–Crippen LogP) is 6.68. The Hall–Kier alpha value is -5.30. The van der Waals surface area contributed by atoms with E-state index in [1.54, 1.807) is 37.4 Å². The van der Waals surface area contributed by atoms with E-state index < -0.39 is 56.4 Å². The molecule has 3 amide bonds. The molecular formula is C46H54N4O8S. The third-order valence-electron chi connectivity index (χ3n) is 11.8. The van der Waals surface area contributed by atoms with Crippen molar-refractivity contribution in [2.24, 2.45) is 11.3 Å². The number of methoxy groups -OCH3 is 1. The predicted molar refractivity (Wildman–Crippen MR) is 225 cm³/mol. The van der Waals surface area contributed by atoms with Crippen LogP contribution in [-0.2, 0) is 29.2 Å². The summed E-state index contributed by atoms with van der Waals surface area (Å²) < 4.78 is 40.4. The largest absolute Gasteiger partial charge is 0.497 e. The molecule has 2 saturated heterocycles. The fourth-order valence-electron chi connectivity index (χ4n) is 8.24. The molecular weight excluding hydrogens is 769 g/mol. The molecule has 1 N–H and O–H groups in total. The minimum absolute atomic E-state index is 0.00337. The van der Waals surface area contributed by atoms with Gasteiger partial charge in [0.05, 0.1) is 48.0 Å². The highest BCUT2D eigenvalue weighted by Crippen LogP contribution is 2.38. The summed E-state index contributed by atoms with van der Waals surface area (Å²) in [6, 6.07) is 24.7. The standard InChI is InChI=1S/C46H54N4O8S/c1-46(2,3)37(27-43(52)49-22-12-7-13-23-49)45(54)50-29-33(58-42-28-38(31-16-10-6-11-17-31)47-39-24-32(57-4)18-21-35(39)42)25-40(50)41(51)26-36(30-14-8-5-9-15-30)44(53)48-59(55,56)34-19-20-34/h5-6,8-11,14-18,21,24,28,33-34,36-37,40H,7,12-13,19-20,22-23,25-27,29H2,1-4H3,(H,48,53)/t33-,36+,37-,40+/m1/s1. The van der Waals surface area contributed by atoms with Gasteiger partial charge in [-0.1, -0.05) is 81.4 Å². The smallest absolute Gasteiger partial charge is 0.241 e. The number of carbonyl (C=O) groups excluding carboxylic acids is 4. The number of nitrogens with one attached hydrogen (secondary N) is 1. The number of hydrogen-bond acceptors (Lipinski definition) is 9. The number of amides is 3. The molecule has 0 unspecified atom stereocenters. The Balaban J connectivity index is 1.23. The Labute approximate surface area is 346 Å². The van der Waals surface area contributed by atoms with Crippen molar-refractivity contribution in [2.75, 3.05) is 26.7 Å². The second kappa shape index (κ2) is 17.5. The van der Waals surface area contributed by atoms with Gasteiger partial charge < -0.3 is 19.3 Å². The summed E-state index contributed by atoms with van der Waals surface area (Å²) in [6.07, 6.45) is 2.96. The number of pyridine rings is 1. The molecule has 7 rings (SSSR count). The lowest BCUT2D eigenvalue weighted by Gasteiger charge is -2.36. The average Bonchev–Trinajstić information content (AvgIpc) is 4.02. The van der Waals surface area contributed by atoms with Crippen LogP contribution in [0.4, 0.5) is 0 Å². The number of benzene rings is 3. The molecule has 3 fully saturated rings. The summed E-state index contributed by atoms with van der Waals surface area (Å²) in [6.45, 7) is 7.15. The molecule has 3 heterocycles. The maximum absolute atomic E-state index is 15.0. The lowest BCUT2D eigenvalue weighted by Crippen LogP contribution is -2.49. The van der Waals surface area contributed by atoms with Crippen LogP contribution < -0.4 is 14.2 Å². The Morgan fingerprint density at radius 3 is 2.20 bits per heavy atom. The lowest BCUT2D eigenvalue weighted by atomic mass is 9.77. The molecule has 59 heavy (non-hydrogen) atoms. The van der Waals surface area contributed by atoms with Crippen LogP contribution in [0.5, 0.6) is 11.5 Å². The third-order valence-corrected chi connectivity index (χ3v) is 13.7. The number of hydrogen-bond donors (Lipinski definition) is 1. The van der Waals surface area contributed by atoms with Gasteiger partial charge in [-0.25, -0.2) is 13.4 Å². The normalized spacial score (nSPS) is 19.5. The SMILES string of the molecule is COc1ccc2c(O[C@@H]3C[C@@H](C(=O)C[C@H](C(=O)NS(=O)(=O)C4CC4)c4ccccc4)N(C(=O)[C@@H](CC(=O)N4CCCCC4)C(C)(C)C)C3)cc(-c3ccccc3)nc2c1. The number of piperidine rings is 1. The minimum Gasteiger partial charge on any atom is -0.497 e. The molecule has 1 saturated carbocycles. The van der Waals surface area contributed by atoms with Crippen LogP contribution in [0, 0.1) is 11.3 Å². The number of nitrogens with zero attached hydrogens (tertiary/aromatic N) is 3. The van der Waals surface area contributed by atoms with Gasteiger partial charge in [-0.3, -0.25) is 23.9 Å². The first-order valence-corrected chi connectivity index (χ1v) is 22.2. The molecule has 12 nitrogen and oxygen atoms in total. The molecule has 3 aromatic carbocycles. The molecule has 13 heteroatoms. The number of ether oxygens (including phenoxy) is 2. The van der Waals surface area contributed by atoms with Crippen LogP contribution >= 0.6 is 0 Å². The number of sulfonamides is 1. The van der Waals surface area contributed by atoms with E-state index in [9.17, 15) is 27.6 Å². The van der Waals surface area contributed by atoms with Crippen molar-refractivity contribution in [3.8, 4) is 22.8 Å². The van der Waals surface area contributed by atoms with E-state index >= 15 is 0 Å². The van der Waals surface area contributed by atoms with Crippen LogP contribution in [0.2, 0.25) is 0 Å². The van der Waals surface area contributed by atoms with Crippen molar-refractivity contribution in [3.05, 3.63) is 90.5 Å². The first kappa shape index (κ1) is 41.8. The van der Waals surface area contributed by atoms with Crippen molar-refractivity contribution in [1.82, 2.24) is 19.5 Å². The first-order chi connectivity index (χ1) is 28.2. The Bertz CT molecular complexity index is 2290. The number of ketones is 1. The molecule has 1 aromatic heterocycles. The number of carbonyl (C=O) groups is 4. The second-order valence-corrected chi connectivity index (χ2v) is 19.1. The van der Waals surface area contributed by atoms with Gasteiger partial charge in [-0.2, -0.15) is 0 Å². The Morgan fingerprint density at radius 1 is 0.881 bits per heavy atom. The molecule has 1 aliphatic carbocycles. The Kier molecular flexibility index (Phi) is 12.4. The Morgan fingerprint density at radius 2 is 1.56 bits per heavy atom. The van der Waals surface area contributed by atoms with Crippen molar-refractivity contribution in [1.29, 1.82) is 0 Å². The van der Waals surface area contributed by atoms with Crippen LogP contribution in [-0.4, -0.2) is 90.8 Å². The molecule has 2 aliphatic heterocycles. The molecule has 312 valence electrons. The summed E-state index contributed by atoms with van der Waals surface area (Å²) in [5, 5.41) is 0.0877. The van der Waals surface area contributed by atoms with Gasteiger partial charge in [0.2, 0.25) is 27.7 Å². The minimum atomic E-state index is -3.90.